The first kappa shape index (κ1) is 20.2. The highest BCUT2D eigenvalue weighted by Crippen LogP contribution is 2.48. The molecule has 0 bridgehead atoms. The van der Waals surface area contributed by atoms with Gasteiger partial charge in [-0.25, -0.2) is 0 Å². The molecule has 0 aliphatic rings. The van der Waals surface area contributed by atoms with Crippen LogP contribution in [0.25, 0.3) is 0 Å². The summed E-state index contributed by atoms with van der Waals surface area (Å²) in [4.78, 5) is 11.1. The van der Waals surface area contributed by atoms with Gasteiger partial charge < -0.3 is 0 Å². The first-order valence-electron chi connectivity index (χ1n) is 10.2. The number of carbonyl (C=O) groups is 1. The van der Waals surface area contributed by atoms with Crippen molar-refractivity contribution in [2.75, 3.05) is 5.75 Å². The summed E-state index contributed by atoms with van der Waals surface area (Å²) >= 11 is 1.95. The van der Waals surface area contributed by atoms with Crippen molar-refractivity contribution in [2.24, 2.45) is 0 Å². The number of rotatable bonds is 8. The second-order valence-electron chi connectivity index (χ2n) is 7.24. The molecule has 1 nitrogen and oxygen atoms in total. The van der Waals surface area contributed by atoms with Gasteiger partial charge in [0, 0.05) is 5.56 Å². The van der Waals surface area contributed by atoms with Gasteiger partial charge in [-0.05, 0) is 40.5 Å². The lowest BCUT2D eigenvalue weighted by atomic mass is 9.84. The first-order chi connectivity index (χ1) is 14.8. The number of hydrogen-bond donors (Lipinski definition) is 0. The van der Waals surface area contributed by atoms with Gasteiger partial charge in [-0.3, -0.25) is 4.79 Å². The molecule has 0 saturated carbocycles. The standard InChI is InChI=1S/C28H24OS/c29-22-24-12-10-11-23(21-24)19-20-30-28(25-13-4-1-5-14-25,26-15-6-2-7-16-26)27-17-8-3-9-18-27/h1-18,21-22H,19-20H2. The number of thioether (sulfide) groups is 1. The van der Waals surface area contributed by atoms with Crippen molar-refractivity contribution in [1.29, 1.82) is 0 Å². The van der Waals surface area contributed by atoms with Crippen LogP contribution in [0, 0.1) is 0 Å². The van der Waals surface area contributed by atoms with Crippen molar-refractivity contribution in [2.45, 2.75) is 11.2 Å². The molecule has 4 aromatic carbocycles. The Hall–Kier alpha value is -3.10. The minimum Gasteiger partial charge on any atom is -0.298 e. The molecule has 0 amide bonds. The Morgan fingerprint density at radius 1 is 0.633 bits per heavy atom. The van der Waals surface area contributed by atoms with Crippen molar-refractivity contribution >= 4 is 18.0 Å². The van der Waals surface area contributed by atoms with E-state index in [1.54, 1.807) is 0 Å². The Labute approximate surface area is 182 Å². The number of carbonyl (C=O) groups excluding carboxylic acids is 1. The lowest BCUT2D eigenvalue weighted by molar-refractivity contribution is 0.112. The molecule has 0 spiro atoms. The zero-order valence-corrected chi connectivity index (χ0v) is 17.6. The second-order valence-corrected chi connectivity index (χ2v) is 8.55. The fraction of sp³-hybridized carbons (Fsp3) is 0.107. The van der Waals surface area contributed by atoms with Crippen LogP contribution in [0.5, 0.6) is 0 Å². The van der Waals surface area contributed by atoms with Gasteiger partial charge in [0.25, 0.3) is 0 Å². The van der Waals surface area contributed by atoms with Gasteiger partial charge in [0.05, 0.1) is 4.75 Å². The summed E-state index contributed by atoms with van der Waals surface area (Å²) < 4.78 is -0.300. The third kappa shape index (κ3) is 4.24. The minimum absolute atomic E-state index is 0.300. The Kier molecular flexibility index (Phi) is 6.46. The van der Waals surface area contributed by atoms with E-state index in [4.69, 9.17) is 0 Å². The van der Waals surface area contributed by atoms with E-state index in [1.165, 1.54) is 22.3 Å². The largest absolute Gasteiger partial charge is 0.298 e. The average molecular weight is 409 g/mol. The molecule has 0 unspecified atom stereocenters. The Morgan fingerprint density at radius 3 is 1.60 bits per heavy atom. The van der Waals surface area contributed by atoms with Crippen LogP contribution in [0.3, 0.4) is 0 Å². The maximum Gasteiger partial charge on any atom is 0.150 e. The van der Waals surface area contributed by atoms with E-state index in [0.29, 0.717) is 0 Å². The quantitative estimate of drug-likeness (QED) is 0.236. The molecule has 0 aromatic heterocycles. The van der Waals surface area contributed by atoms with Crippen LogP contribution in [0.2, 0.25) is 0 Å². The van der Waals surface area contributed by atoms with Crippen LogP contribution >= 0.6 is 11.8 Å². The first-order valence-corrected chi connectivity index (χ1v) is 11.2. The van der Waals surface area contributed by atoms with E-state index in [-0.39, 0.29) is 4.75 Å². The van der Waals surface area contributed by atoms with Gasteiger partial charge in [0.15, 0.2) is 0 Å². The van der Waals surface area contributed by atoms with Crippen molar-refractivity contribution in [1.82, 2.24) is 0 Å². The molecule has 148 valence electrons. The van der Waals surface area contributed by atoms with E-state index in [2.05, 4.69) is 97.1 Å². The molecule has 0 atom stereocenters. The molecule has 2 heteroatoms. The maximum atomic E-state index is 11.1. The molecule has 0 saturated heterocycles. The molecule has 0 N–H and O–H groups in total. The molecule has 0 heterocycles. The predicted octanol–water partition coefficient (Wildman–Crippen LogP) is 6.77. The van der Waals surface area contributed by atoms with Crippen LogP contribution in [0.15, 0.2) is 115 Å². The van der Waals surface area contributed by atoms with E-state index in [9.17, 15) is 4.79 Å². The fourth-order valence-corrected chi connectivity index (χ4v) is 5.46. The summed E-state index contributed by atoms with van der Waals surface area (Å²) in [5.74, 6) is 0.932. The lowest BCUT2D eigenvalue weighted by Crippen LogP contribution is -2.26. The van der Waals surface area contributed by atoms with E-state index < -0.39 is 0 Å². The number of hydrogen-bond acceptors (Lipinski definition) is 2. The summed E-state index contributed by atoms with van der Waals surface area (Å²) in [5, 5.41) is 0. The van der Waals surface area contributed by atoms with E-state index in [1.807, 2.05) is 30.0 Å². The third-order valence-electron chi connectivity index (χ3n) is 5.34. The maximum absolute atomic E-state index is 11.1. The van der Waals surface area contributed by atoms with Gasteiger partial charge in [0.2, 0.25) is 0 Å². The highest BCUT2D eigenvalue weighted by Gasteiger charge is 2.36. The van der Waals surface area contributed by atoms with Crippen LogP contribution in [-0.4, -0.2) is 12.0 Å². The van der Waals surface area contributed by atoms with Crippen LogP contribution in [0.1, 0.15) is 32.6 Å². The number of benzene rings is 4. The monoisotopic (exact) mass is 408 g/mol. The summed E-state index contributed by atoms with van der Waals surface area (Å²) in [6, 6.07) is 40.1. The summed E-state index contributed by atoms with van der Waals surface area (Å²) in [7, 11) is 0. The third-order valence-corrected chi connectivity index (χ3v) is 6.89. The predicted molar refractivity (Wildman–Crippen MR) is 127 cm³/mol. The minimum atomic E-state index is -0.300. The topological polar surface area (TPSA) is 17.1 Å². The fourth-order valence-electron chi connectivity index (χ4n) is 3.91. The number of aldehydes is 1. The molecular weight excluding hydrogens is 384 g/mol. The highest BCUT2D eigenvalue weighted by molar-refractivity contribution is 8.00. The van der Waals surface area contributed by atoms with Gasteiger partial charge in [0.1, 0.15) is 6.29 Å². The van der Waals surface area contributed by atoms with Crippen molar-refractivity contribution in [3.05, 3.63) is 143 Å². The zero-order chi connectivity index (χ0) is 20.7. The molecule has 4 aromatic rings. The lowest BCUT2D eigenvalue weighted by Gasteiger charge is -2.35. The van der Waals surface area contributed by atoms with Gasteiger partial charge in [-0.15, -0.1) is 11.8 Å². The van der Waals surface area contributed by atoms with Crippen LogP contribution in [0.4, 0.5) is 0 Å². The van der Waals surface area contributed by atoms with Crippen LogP contribution in [-0.2, 0) is 11.2 Å². The Balaban J connectivity index is 1.75. The zero-order valence-electron chi connectivity index (χ0n) is 16.8. The number of aryl methyl sites for hydroxylation is 1. The van der Waals surface area contributed by atoms with Crippen molar-refractivity contribution < 1.29 is 4.79 Å². The van der Waals surface area contributed by atoms with Gasteiger partial charge in [-0.2, -0.15) is 0 Å². The molecule has 30 heavy (non-hydrogen) atoms. The average Bonchev–Trinajstić information content (AvgIpc) is 2.84. The molecule has 0 aliphatic heterocycles. The van der Waals surface area contributed by atoms with Crippen LogP contribution < -0.4 is 0 Å². The summed E-state index contributed by atoms with van der Waals surface area (Å²) in [6.45, 7) is 0. The normalized spacial score (nSPS) is 11.2. The molecule has 0 fully saturated rings. The molecule has 0 radical (unpaired) electrons. The van der Waals surface area contributed by atoms with Crippen molar-refractivity contribution in [3.8, 4) is 0 Å². The smallest absolute Gasteiger partial charge is 0.150 e. The summed E-state index contributed by atoms with van der Waals surface area (Å²) in [5.41, 5.74) is 5.74. The molecular formula is C28H24OS. The van der Waals surface area contributed by atoms with E-state index >= 15 is 0 Å². The van der Waals surface area contributed by atoms with Gasteiger partial charge in [-0.1, -0.05) is 109 Å². The molecule has 0 aliphatic carbocycles. The molecule has 4 rings (SSSR count). The Bertz CT molecular complexity index is 979. The van der Waals surface area contributed by atoms with Gasteiger partial charge >= 0.3 is 0 Å². The second kappa shape index (κ2) is 9.60. The summed E-state index contributed by atoms with van der Waals surface area (Å²) in [6.07, 6.45) is 1.82. The van der Waals surface area contributed by atoms with Crippen molar-refractivity contribution in [3.63, 3.8) is 0 Å². The Morgan fingerprint density at radius 2 is 1.13 bits per heavy atom. The highest BCUT2D eigenvalue weighted by atomic mass is 32.2. The van der Waals surface area contributed by atoms with E-state index in [0.717, 1.165) is 24.0 Å². The SMILES string of the molecule is O=Cc1cccc(CCSC(c2ccccc2)(c2ccccc2)c2ccccc2)c1.